The summed E-state index contributed by atoms with van der Waals surface area (Å²) in [4.78, 5) is 0.367. The summed E-state index contributed by atoms with van der Waals surface area (Å²) in [5.41, 5.74) is 2.38. The van der Waals surface area contributed by atoms with Gasteiger partial charge in [-0.3, -0.25) is 4.72 Å². The van der Waals surface area contributed by atoms with Gasteiger partial charge in [-0.05, 0) is 42.7 Å². The van der Waals surface area contributed by atoms with Gasteiger partial charge >= 0.3 is 0 Å². The molecular weight excluding hydrogens is 272 g/mol. The number of para-hydroxylation sites is 1. The van der Waals surface area contributed by atoms with Gasteiger partial charge in [-0.25, -0.2) is 8.42 Å². The van der Waals surface area contributed by atoms with Crippen molar-refractivity contribution in [3.8, 4) is 0 Å². The van der Waals surface area contributed by atoms with Gasteiger partial charge in [-0.1, -0.05) is 24.3 Å². The highest BCUT2D eigenvalue weighted by Gasteiger charge is 2.22. The number of fused-ring (bicyclic) bond motifs is 1. The smallest absolute Gasteiger partial charge is 0.262 e. The Morgan fingerprint density at radius 3 is 2.60 bits per heavy atom. The van der Waals surface area contributed by atoms with Gasteiger partial charge < -0.3 is 5.32 Å². The van der Waals surface area contributed by atoms with Gasteiger partial charge in [-0.15, -0.1) is 0 Å². The van der Waals surface area contributed by atoms with Crippen molar-refractivity contribution in [3.05, 3.63) is 54.1 Å². The molecule has 1 aliphatic rings. The second-order valence-corrected chi connectivity index (χ2v) is 6.43. The van der Waals surface area contributed by atoms with Crippen LogP contribution in [0.5, 0.6) is 0 Å². The first-order valence-electron chi connectivity index (χ1n) is 6.60. The molecule has 0 spiro atoms. The fourth-order valence-corrected chi connectivity index (χ4v) is 3.80. The van der Waals surface area contributed by atoms with Crippen molar-refractivity contribution in [3.63, 3.8) is 0 Å². The molecule has 104 valence electrons. The Kier molecular flexibility index (Phi) is 3.36. The van der Waals surface area contributed by atoms with Gasteiger partial charge in [0.2, 0.25) is 0 Å². The Balaban J connectivity index is 2.00. The Hall–Kier alpha value is -2.01. The number of rotatable bonds is 3. The van der Waals surface area contributed by atoms with E-state index >= 15 is 0 Å². The first kappa shape index (κ1) is 13.0. The topological polar surface area (TPSA) is 58.2 Å². The summed E-state index contributed by atoms with van der Waals surface area (Å²) < 4.78 is 27.7. The average Bonchev–Trinajstić information content (AvgIpc) is 2.47. The predicted octanol–water partition coefficient (Wildman–Crippen LogP) is 2.85. The van der Waals surface area contributed by atoms with Crippen LogP contribution in [0.2, 0.25) is 0 Å². The van der Waals surface area contributed by atoms with Crippen LogP contribution in [0, 0.1) is 0 Å². The quantitative estimate of drug-likeness (QED) is 0.913. The fourth-order valence-electron chi connectivity index (χ4n) is 2.45. The van der Waals surface area contributed by atoms with E-state index in [9.17, 15) is 8.42 Å². The normalized spacial score (nSPS) is 14.2. The van der Waals surface area contributed by atoms with E-state index in [1.165, 1.54) is 0 Å². The minimum Gasteiger partial charge on any atom is -0.385 e. The van der Waals surface area contributed by atoms with Crippen molar-refractivity contribution in [2.24, 2.45) is 0 Å². The number of hydrogen-bond acceptors (Lipinski definition) is 3. The maximum Gasteiger partial charge on any atom is 0.262 e. The van der Waals surface area contributed by atoms with Crippen LogP contribution in [-0.2, 0) is 16.4 Å². The summed E-state index contributed by atoms with van der Waals surface area (Å²) in [6.07, 6.45) is 1.74. The second kappa shape index (κ2) is 5.17. The highest BCUT2D eigenvalue weighted by molar-refractivity contribution is 7.92. The summed E-state index contributed by atoms with van der Waals surface area (Å²) >= 11 is 0. The largest absolute Gasteiger partial charge is 0.385 e. The Morgan fingerprint density at radius 1 is 1.00 bits per heavy atom. The number of hydrogen-bond donors (Lipinski definition) is 2. The third-order valence-corrected chi connectivity index (χ3v) is 4.83. The van der Waals surface area contributed by atoms with Crippen molar-refractivity contribution in [1.29, 1.82) is 0 Å². The summed E-state index contributed by atoms with van der Waals surface area (Å²) in [7, 11) is -3.54. The van der Waals surface area contributed by atoms with E-state index in [2.05, 4.69) is 10.0 Å². The standard InChI is InChI=1S/C15H16N2O2S/c18-20(19,17-12-6-2-1-3-7-12)15-10-4-9-14-13(15)8-5-11-16-14/h1-4,6-7,9-10,16-17H,5,8,11H2. The molecule has 0 atom stereocenters. The summed E-state index contributed by atoms with van der Waals surface area (Å²) in [5.74, 6) is 0. The van der Waals surface area contributed by atoms with Crippen LogP contribution >= 0.6 is 0 Å². The molecule has 0 radical (unpaired) electrons. The van der Waals surface area contributed by atoms with Gasteiger partial charge in [0.25, 0.3) is 10.0 Å². The summed E-state index contributed by atoms with van der Waals surface area (Å²) in [6, 6.07) is 14.3. The van der Waals surface area contributed by atoms with Crippen LogP contribution in [0.1, 0.15) is 12.0 Å². The molecule has 20 heavy (non-hydrogen) atoms. The molecule has 0 fully saturated rings. The van der Waals surface area contributed by atoms with Gasteiger partial charge in [0, 0.05) is 17.9 Å². The van der Waals surface area contributed by atoms with E-state index in [1.807, 2.05) is 12.1 Å². The lowest BCUT2D eigenvalue weighted by Crippen LogP contribution is -2.19. The van der Waals surface area contributed by atoms with Gasteiger partial charge in [0.15, 0.2) is 0 Å². The highest BCUT2D eigenvalue weighted by Crippen LogP contribution is 2.29. The Bertz CT molecular complexity index is 712. The molecule has 1 aliphatic heterocycles. The lowest BCUT2D eigenvalue weighted by atomic mass is 10.0. The highest BCUT2D eigenvalue weighted by atomic mass is 32.2. The molecule has 1 heterocycles. The molecule has 0 bridgehead atoms. The molecular formula is C15H16N2O2S. The molecule has 0 aliphatic carbocycles. The van der Waals surface area contributed by atoms with E-state index in [0.717, 1.165) is 30.6 Å². The van der Waals surface area contributed by atoms with E-state index in [-0.39, 0.29) is 0 Å². The molecule has 2 aromatic carbocycles. The van der Waals surface area contributed by atoms with E-state index < -0.39 is 10.0 Å². The van der Waals surface area contributed by atoms with Gasteiger partial charge in [0.1, 0.15) is 0 Å². The minimum absolute atomic E-state index is 0.367. The van der Waals surface area contributed by atoms with Gasteiger partial charge in [0.05, 0.1) is 4.90 Å². The molecule has 0 aromatic heterocycles. The number of nitrogens with one attached hydrogen (secondary N) is 2. The fraction of sp³-hybridized carbons (Fsp3) is 0.200. The van der Waals surface area contributed by atoms with E-state index in [4.69, 9.17) is 0 Å². The monoisotopic (exact) mass is 288 g/mol. The van der Waals surface area contributed by atoms with Crippen LogP contribution in [-0.4, -0.2) is 15.0 Å². The van der Waals surface area contributed by atoms with Crippen molar-refractivity contribution in [1.82, 2.24) is 0 Å². The van der Waals surface area contributed by atoms with Crippen LogP contribution in [0.15, 0.2) is 53.4 Å². The van der Waals surface area contributed by atoms with E-state index in [0.29, 0.717) is 10.6 Å². The third-order valence-electron chi connectivity index (χ3n) is 3.37. The Morgan fingerprint density at radius 2 is 1.80 bits per heavy atom. The predicted molar refractivity (Wildman–Crippen MR) is 80.5 cm³/mol. The van der Waals surface area contributed by atoms with Crippen molar-refractivity contribution < 1.29 is 8.42 Å². The van der Waals surface area contributed by atoms with Crippen molar-refractivity contribution in [2.45, 2.75) is 17.7 Å². The number of sulfonamides is 1. The summed E-state index contributed by atoms with van der Waals surface area (Å²) in [5, 5.41) is 3.25. The zero-order valence-corrected chi connectivity index (χ0v) is 11.8. The van der Waals surface area contributed by atoms with Crippen LogP contribution in [0.4, 0.5) is 11.4 Å². The van der Waals surface area contributed by atoms with E-state index in [1.54, 1.807) is 36.4 Å². The number of anilines is 2. The third kappa shape index (κ3) is 2.49. The molecule has 0 saturated carbocycles. The average molecular weight is 288 g/mol. The zero-order valence-electron chi connectivity index (χ0n) is 11.0. The number of benzene rings is 2. The second-order valence-electron chi connectivity index (χ2n) is 4.78. The molecule has 0 unspecified atom stereocenters. The van der Waals surface area contributed by atoms with Crippen LogP contribution in [0.25, 0.3) is 0 Å². The first-order chi connectivity index (χ1) is 9.67. The SMILES string of the molecule is O=S(=O)(Nc1ccccc1)c1cccc2c1CCCN2. The summed E-state index contributed by atoms with van der Waals surface area (Å²) in [6.45, 7) is 0.891. The maximum absolute atomic E-state index is 12.5. The van der Waals surface area contributed by atoms with Crippen LogP contribution in [0.3, 0.4) is 0 Å². The lowest BCUT2D eigenvalue weighted by molar-refractivity contribution is 0.599. The molecule has 5 heteroatoms. The lowest BCUT2D eigenvalue weighted by Gasteiger charge is -2.21. The molecule has 0 amide bonds. The van der Waals surface area contributed by atoms with Gasteiger partial charge in [-0.2, -0.15) is 0 Å². The molecule has 2 aromatic rings. The van der Waals surface area contributed by atoms with Crippen molar-refractivity contribution in [2.75, 3.05) is 16.6 Å². The molecule has 2 N–H and O–H groups in total. The zero-order chi connectivity index (χ0) is 14.0. The molecule has 0 saturated heterocycles. The maximum atomic E-state index is 12.5. The first-order valence-corrected chi connectivity index (χ1v) is 8.09. The molecule has 4 nitrogen and oxygen atoms in total. The molecule has 3 rings (SSSR count). The van der Waals surface area contributed by atoms with Crippen molar-refractivity contribution >= 4 is 21.4 Å². The Labute approximate surface area is 118 Å². The van der Waals surface area contributed by atoms with Crippen LogP contribution < -0.4 is 10.0 Å². The minimum atomic E-state index is -3.54.